The third kappa shape index (κ3) is 2.50. The van der Waals surface area contributed by atoms with Crippen molar-refractivity contribution in [1.82, 2.24) is 10.1 Å². The standard InChI is InChI=1S/C11H11ClFN3O2/c1-5(17)9(14)11-15-10(16-18-11)6-2-3-8(13)7(12)4-6/h2-5,9,17H,14H2,1H3/t5-,9+/m1/s1. The number of nitrogens with zero attached hydrogens (tertiary/aromatic N) is 2. The molecule has 0 aliphatic rings. The van der Waals surface area contributed by atoms with E-state index in [9.17, 15) is 9.50 Å². The molecule has 96 valence electrons. The molecular weight excluding hydrogens is 261 g/mol. The van der Waals surface area contributed by atoms with Gasteiger partial charge in [0.05, 0.1) is 11.1 Å². The van der Waals surface area contributed by atoms with E-state index in [4.69, 9.17) is 21.9 Å². The second-order valence-electron chi connectivity index (χ2n) is 3.85. The fourth-order valence-corrected chi connectivity index (χ4v) is 1.51. The van der Waals surface area contributed by atoms with Gasteiger partial charge >= 0.3 is 0 Å². The zero-order valence-electron chi connectivity index (χ0n) is 9.47. The van der Waals surface area contributed by atoms with Gasteiger partial charge in [0.15, 0.2) is 0 Å². The van der Waals surface area contributed by atoms with Crippen LogP contribution < -0.4 is 5.73 Å². The van der Waals surface area contributed by atoms with Crippen LogP contribution in [0.1, 0.15) is 18.9 Å². The first-order valence-corrected chi connectivity index (χ1v) is 5.59. The molecule has 5 nitrogen and oxygen atoms in total. The number of nitrogens with two attached hydrogens (primary N) is 1. The van der Waals surface area contributed by atoms with Gasteiger partial charge in [-0.25, -0.2) is 4.39 Å². The van der Waals surface area contributed by atoms with Gasteiger partial charge < -0.3 is 15.4 Å². The van der Waals surface area contributed by atoms with E-state index < -0.39 is 18.0 Å². The summed E-state index contributed by atoms with van der Waals surface area (Å²) >= 11 is 5.66. The fraction of sp³-hybridized carbons (Fsp3) is 0.273. The van der Waals surface area contributed by atoms with Crippen LogP contribution >= 0.6 is 11.6 Å². The van der Waals surface area contributed by atoms with Crippen molar-refractivity contribution in [2.45, 2.75) is 19.1 Å². The predicted octanol–water partition coefficient (Wildman–Crippen LogP) is 1.91. The van der Waals surface area contributed by atoms with Gasteiger partial charge in [-0.15, -0.1) is 0 Å². The second kappa shape index (κ2) is 5.01. The molecule has 3 N–H and O–H groups in total. The average molecular weight is 272 g/mol. The van der Waals surface area contributed by atoms with E-state index in [-0.39, 0.29) is 16.7 Å². The fourth-order valence-electron chi connectivity index (χ4n) is 1.33. The van der Waals surface area contributed by atoms with E-state index in [0.717, 1.165) is 0 Å². The molecule has 2 rings (SSSR count). The smallest absolute Gasteiger partial charge is 0.246 e. The molecule has 0 spiro atoms. The summed E-state index contributed by atoms with van der Waals surface area (Å²) in [5, 5.41) is 13.0. The number of aliphatic hydroxyl groups excluding tert-OH is 1. The number of benzene rings is 1. The summed E-state index contributed by atoms with van der Waals surface area (Å²) in [6.07, 6.45) is -0.810. The van der Waals surface area contributed by atoms with Crippen LogP contribution in [0.3, 0.4) is 0 Å². The van der Waals surface area contributed by atoms with Crippen molar-refractivity contribution in [3.05, 3.63) is 34.9 Å². The van der Waals surface area contributed by atoms with Crippen LogP contribution in [0.2, 0.25) is 5.02 Å². The molecule has 2 aromatic rings. The highest BCUT2D eigenvalue weighted by Gasteiger charge is 2.20. The van der Waals surface area contributed by atoms with Crippen molar-refractivity contribution in [2.24, 2.45) is 5.73 Å². The third-order valence-corrected chi connectivity index (χ3v) is 2.71. The summed E-state index contributed by atoms with van der Waals surface area (Å²) in [7, 11) is 0. The summed E-state index contributed by atoms with van der Waals surface area (Å²) in [5.74, 6) is -0.173. The molecule has 1 aromatic heterocycles. The van der Waals surface area contributed by atoms with Crippen molar-refractivity contribution in [1.29, 1.82) is 0 Å². The zero-order chi connectivity index (χ0) is 13.3. The monoisotopic (exact) mass is 271 g/mol. The molecule has 0 amide bonds. The van der Waals surface area contributed by atoms with Gasteiger partial charge in [0.1, 0.15) is 11.9 Å². The van der Waals surface area contributed by atoms with E-state index in [0.29, 0.717) is 5.56 Å². The lowest BCUT2D eigenvalue weighted by Crippen LogP contribution is -2.23. The van der Waals surface area contributed by atoms with Crippen LogP contribution in [0.15, 0.2) is 22.7 Å². The Kier molecular flexibility index (Phi) is 3.60. The SMILES string of the molecule is C[C@@H](O)[C@H](N)c1nc(-c2ccc(F)c(Cl)c2)no1. The van der Waals surface area contributed by atoms with E-state index in [1.807, 2.05) is 0 Å². The first-order chi connectivity index (χ1) is 8.49. The highest BCUT2D eigenvalue weighted by atomic mass is 35.5. The van der Waals surface area contributed by atoms with Crippen LogP contribution in [0.4, 0.5) is 4.39 Å². The number of aliphatic hydroxyl groups is 1. The van der Waals surface area contributed by atoms with Gasteiger partial charge in [0.2, 0.25) is 11.7 Å². The van der Waals surface area contributed by atoms with Crippen LogP contribution in [0, 0.1) is 5.82 Å². The molecule has 18 heavy (non-hydrogen) atoms. The summed E-state index contributed by atoms with van der Waals surface area (Å²) in [6.45, 7) is 1.52. The number of aromatic nitrogens is 2. The molecule has 7 heteroatoms. The Morgan fingerprint density at radius 2 is 2.22 bits per heavy atom. The van der Waals surface area contributed by atoms with Crippen molar-refractivity contribution >= 4 is 11.6 Å². The molecule has 0 radical (unpaired) electrons. The van der Waals surface area contributed by atoms with E-state index in [1.54, 1.807) is 0 Å². The highest BCUT2D eigenvalue weighted by molar-refractivity contribution is 6.31. The molecule has 0 saturated carbocycles. The number of hydrogen-bond donors (Lipinski definition) is 2. The first-order valence-electron chi connectivity index (χ1n) is 5.21. The number of hydrogen-bond acceptors (Lipinski definition) is 5. The maximum atomic E-state index is 13.0. The molecule has 0 aliphatic carbocycles. The topological polar surface area (TPSA) is 85.2 Å². The van der Waals surface area contributed by atoms with E-state index >= 15 is 0 Å². The maximum absolute atomic E-state index is 13.0. The Balaban J connectivity index is 2.32. The summed E-state index contributed by atoms with van der Waals surface area (Å²) in [5.41, 5.74) is 6.16. The molecule has 2 atom stereocenters. The molecule has 1 aromatic carbocycles. The quantitative estimate of drug-likeness (QED) is 0.891. The van der Waals surface area contributed by atoms with Crippen molar-refractivity contribution < 1.29 is 14.0 Å². The van der Waals surface area contributed by atoms with Crippen LogP contribution in [0.25, 0.3) is 11.4 Å². The van der Waals surface area contributed by atoms with E-state index in [1.165, 1.54) is 25.1 Å². The molecule has 0 saturated heterocycles. The van der Waals surface area contributed by atoms with Crippen LogP contribution in [0.5, 0.6) is 0 Å². The lowest BCUT2D eigenvalue weighted by Gasteiger charge is -2.08. The van der Waals surface area contributed by atoms with E-state index in [2.05, 4.69) is 10.1 Å². The Bertz CT molecular complexity index is 559. The molecule has 0 aliphatic heterocycles. The summed E-state index contributed by atoms with van der Waals surface area (Å²) in [4.78, 5) is 4.03. The Morgan fingerprint density at radius 1 is 1.50 bits per heavy atom. The maximum Gasteiger partial charge on any atom is 0.246 e. The number of rotatable bonds is 3. The normalized spacial score (nSPS) is 14.5. The minimum Gasteiger partial charge on any atom is -0.391 e. The zero-order valence-corrected chi connectivity index (χ0v) is 10.2. The highest BCUT2D eigenvalue weighted by Crippen LogP contribution is 2.24. The Labute approximate surface area is 107 Å². The minimum absolute atomic E-state index is 0.0290. The lowest BCUT2D eigenvalue weighted by molar-refractivity contribution is 0.146. The van der Waals surface area contributed by atoms with Gasteiger partial charge in [-0.05, 0) is 25.1 Å². The first kappa shape index (κ1) is 12.9. The predicted molar refractivity (Wildman–Crippen MR) is 63.3 cm³/mol. The van der Waals surface area contributed by atoms with Crippen molar-refractivity contribution in [3.63, 3.8) is 0 Å². The minimum atomic E-state index is -0.810. The van der Waals surface area contributed by atoms with Crippen LogP contribution in [-0.4, -0.2) is 21.4 Å². The summed E-state index contributed by atoms with van der Waals surface area (Å²) in [6, 6.07) is 3.31. The largest absolute Gasteiger partial charge is 0.391 e. The molecule has 0 unspecified atom stereocenters. The van der Waals surface area contributed by atoms with Crippen molar-refractivity contribution in [2.75, 3.05) is 0 Å². The van der Waals surface area contributed by atoms with Gasteiger partial charge in [0.25, 0.3) is 0 Å². The van der Waals surface area contributed by atoms with Crippen LogP contribution in [-0.2, 0) is 0 Å². The Morgan fingerprint density at radius 3 is 2.83 bits per heavy atom. The molecular formula is C11H11ClFN3O2. The molecule has 0 fully saturated rings. The Hall–Kier alpha value is -1.50. The van der Waals surface area contributed by atoms with Gasteiger partial charge in [0, 0.05) is 5.56 Å². The van der Waals surface area contributed by atoms with Gasteiger partial charge in [-0.2, -0.15) is 4.98 Å². The average Bonchev–Trinajstić information content (AvgIpc) is 2.81. The molecule has 0 bridgehead atoms. The second-order valence-corrected chi connectivity index (χ2v) is 4.26. The summed E-state index contributed by atoms with van der Waals surface area (Å²) < 4.78 is 17.9. The lowest BCUT2D eigenvalue weighted by atomic mass is 10.2. The van der Waals surface area contributed by atoms with Crippen molar-refractivity contribution in [3.8, 4) is 11.4 Å². The number of halogens is 2. The van der Waals surface area contributed by atoms with Gasteiger partial charge in [-0.3, -0.25) is 0 Å². The third-order valence-electron chi connectivity index (χ3n) is 2.42. The molecule has 1 heterocycles. The van der Waals surface area contributed by atoms with Gasteiger partial charge in [-0.1, -0.05) is 16.8 Å².